The molecule has 0 aliphatic carbocycles. The Morgan fingerprint density at radius 3 is 2.40 bits per heavy atom. The molecule has 1 aromatic rings. The van der Waals surface area contributed by atoms with Gasteiger partial charge in [-0.05, 0) is 43.0 Å². The standard InChI is InChI=1S/C13H17FO/c1-8(2)5-13(15)11-6-10(4)12(14)7-9(11)3/h6-8H,5H2,1-4H3. The summed E-state index contributed by atoms with van der Waals surface area (Å²) in [5.41, 5.74) is 1.92. The maximum Gasteiger partial charge on any atom is 0.163 e. The molecule has 0 bridgehead atoms. The summed E-state index contributed by atoms with van der Waals surface area (Å²) in [6.45, 7) is 7.46. The van der Waals surface area contributed by atoms with Crippen LogP contribution in [0.4, 0.5) is 4.39 Å². The molecule has 2 heteroatoms. The Balaban J connectivity index is 3.04. The molecule has 0 saturated carbocycles. The van der Waals surface area contributed by atoms with Crippen LogP contribution in [0.1, 0.15) is 41.8 Å². The van der Waals surface area contributed by atoms with Crippen molar-refractivity contribution in [1.29, 1.82) is 0 Å². The summed E-state index contributed by atoms with van der Waals surface area (Å²) in [5.74, 6) is 0.196. The van der Waals surface area contributed by atoms with E-state index in [2.05, 4.69) is 0 Å². The molecule has 0 N–H and O–H groups in total. The maximum absolute atomic E-state index is 13.2. The van der Waals surface area contributed by atoms with Gasteiger partial charge in [0, 0.05) is 12.0 Å². The molecule has 0 radical (unpaired) electrons. The van der Waals surface area contributed by atoms with Crippen molar-refractivity contribution in [1.82, 2.24) is 0 Å². The summed E-state index contributed by atoms with van der Waals surface area (Å²) in [6.07, 6.45) is 0.520. The van der Waals surface area contributed by atoms with Gasteiger partial charge in [0.05, 0.1) is 0 Å². The number of rotatable bonds is 3. The van der Waals surface area contributed by atoms with Gasteiger partial charge < -0.3 is 0 Å². The molecule has 82 valence electrons. The minimum absolute atomic E-state index is 0.102. The quantitative estimate of drug-likeness (QED) is 0.693. The lowest BCUT2D eigenvalue weighted by atomic mass is 9.96. The molecule has 0 spiro atoms. The first kappa shape index (κ1) is 11.9. The lowest BCUT2D eigenvalue weighted by Crippen LogP contribution is -2.06. The highest BCUT2D eigenvalue weighted by atomic mass is 19.1. The Bertz CT molecular complexity index is 380. The fourth-order valence-electron chi connectivity index (χ4n) is 1.56. The lowest BCUT2D eigenvalue weighted by molar-refractivity contribution is 0.0967. The van der Waals surface area contributed by atoms with Gasteiger partial charge in [-0.3, -0.25) is 4.79 Å². The largest absolute Gasteiger partial charge is 0.294 e. The molecular weight excluding hydrogens is 191 g/mol. The van der Waals surface area contributed by atoms with Gasteiger partial charge in [-0.1, -0.05) is 13.8 Å². The molecule has 0 unspecified atom stereocenters. The van der Waals surface area contributed by atoms with Gasteiger partial charge >= 0.3 is 0 Å². The number of aryl methyl sites for hydroxylation is 2. The smallest absolute Gasteiger partial charge is 0.163 e. The van der Waals surface area contributed by atoms with Crippen LogP contribution in [0, 0.1) is 25.6 Å². The van der Waals surface area contributed by atoms with Crippen molar-refractivity contribution in [2.45, 2.75) is 34.1 Å². The summed E-state index contributed by atoms with van der Waals surface area (Å²) < 4.78 is 13.2. The van der Waals surface area contributed by atoms with Crippen LogP contribution in [0.15, 0.2) is 12.1 Å². The van der Waals surface area contributed by atoms with Crippen LogP contribution in [-0.2, 0) is 0 Å². The first-order valence-electron chi connectivity index (χ1n) is 5.21. The molecule has 0 heterocycles. The van der Waals surface area contributed by atoms with Gasteiger partial charge in [0.2, 0.25) is 0 Å². The van der Waals surface area contributed by atoms with Crippen LogP contribution in [0.2, 0.25) is 0 Å². The van der Waals surface area contributed by atoms with Crippen molar-refractivity contribution in [3.05, 3.63) is 34.6 Å². The summed E-state index contributed by atoms with van der Waals surface area (Å²) >= 11 is 0. The van der Waals surface area contributed by atoms with Crippen molar-refractivity contribution in [3.63, 3.8) is 0 Å². The number of halogens is 1. The zero-order valence-corrected chi connectivity index (χ0v) is 9.73. The molecule has 1 aromatic carbocycles. The van der Waals surface area contributed by atoms with Crippen molar-refractivity contribution >= 4 is 5.78 Å². The van der Waals surface area contributed by atoms with E-state index >= 15 is 0 Å². The number of ketones is 1. The van der Waals surface area contributed by atoms with Crippen LogP contribution >= 0.6 is 0 Å². The molecule has 0 atom stereocenters. The van der Waals surface area contributed by atoms with E-state index in [1.807, 2.05) is 13.8 Å². The third kappa shape index (κ3) is 2.88. The van der Waals surface area contributed by atoms with Gasteiger partial charge in [-0.2, -0.15) is 0 Å². The Labute approximate surface area is 90.3 Å². The van der Waals surface area contributed by atoms with E-state index in [4.69, 9.17) is 0 Å². The van der Waals surface area contributed by atoms with Crippen LogP contribution in [0.25, 0.3) is 0 Å². The van der Waals surface area contributed by atoms with Crippen LogP contribution in [0.3, 0.4) is 0 Å². The van der Waals surface area contributed by atoms with Crippen LogP contribution in [0.5, 0.6) is 0 Å². The predicted molar refractivity (Wildman–Crippen MR) is 59.7 cm³/mol. The first-order valence-corrected chi connectivity index (χ1v) is 5.21. The molecule has 0 aromatic heterocycles. The second kappa shape index (κ2) is 4.56. The van der Waals surface area contributed by atoms with Gasteiger partial charge in [-0.25, -0.2) is 4.39 Å². The minimum Gasteiger partial charge on any atom is -0.294 e. The van der Waals surface area contributed by atoms with Gasteiger partial charge in [0.25, 0.3) is 0 Å². The number of benzene rings is 1. The number of Topliss-reactive ketones (excluding diaryl/α,β-unsaturated/α-hetero) is 1. The van der Waals surface area contributed by atoms with Crippen molar-refractivity contribution in [2.24, 2.45) is 5.92 Å². The molecule has 0 saturated heterocycles. The highest BCUT2D eigenvalue weighted by molar-refractivity contribution is 5.97. The number of carbonyl (C=O) groups excluding carboxylic acids is 1. The van der Waals surface area contributed by atoms with Gasteiger partial charge in [0.1, 0.15) is 5.82 Å². The minimum atomic E-state index is -0.242. The Morgan fingerprint density at radius 1 is 1.27 bits per heavy atom. The number of hydrogen-bond donors (Lipinski definition) is 0. The van der Waals surface area contributed by atoms with Crippen molar-refractivity contribution in [3.8, 4) is 0 Å². The van der Waals surface area contributed by atoms with Crippen molar-refractivity contribution < 1.29 is 9.18 Å². The SMILES string of the molecule is Cc1cc(C(=O)CC(C)C)c(C)cc1F. The Morgan fingerprint density at radius 2 is 1.87 bits per heavy atom. The molecule has 0 aliphatic heterocycles. The fraction of sp³-hybridized carbons (Fsp3) is 0.462. The first-order chi connectivity index (χ1) is 6.91. The zero-order valence-electron chi connectivity index (χ0n) is 9.73. The third-order valence-electron chi connectivity index (χ3n) is 2.40. The average Bonchev–Trinajstić information content (AvgIpc) is 2.09. The molecule has 15 heavy (non-hydrogen) atoms. The molecule has 0 aliphatic rings. The summed E-state index contributed by atoms with van der Waals surface area (Å²) in [6, 6.07) is 3.08. The van der Waals surface area contributed by atoms with E-state index in [0.717, 1.165) is 5.56 Å². The average molecular weight is 208 g/mol. The van der Waals surface area contributed by atoms with E-state index in [0.29, 0.717) is 23.5 Å². The van der Waals surface area contributed by atoms with E-state index in [1.165, 1.54) is 6.07 Å². The van der Waals surface area contributed by atoms with E-state index in [1.54, 1.807) is 19.9 Å². The zero-order chi connectivity index (χ0) is 11.6. The van der Waals surface area contributed by atoms with Crippen LogP contribution in [-0.4, -0.2) is 5.78 Å². The number of carbonyl (C=O) groups is 1. The topological polar surface area (TPSA) is 17.1 Å². The van der Waals surface area contributed by atoms with Crippen LogP contribution < -0.4 is 0 Å². The Kier molecular flexibility index (Phi) is 3.61. The summed E-state index contributed by atoms with van der Waals surface area (Å²) in [5, 5.41) is 0. The molecule has 0 amide bonds. The molecule has 0 fully saturated rings. The third-order valence-corrected chi connectivity index (χ3v) is 2.40. The second-order valence-electron chi connectivity index (χ2n) is 4.44. The maximum atomic E-state index is 13.2. The number of hydrogen-bond acceptors (Lipinski definition) is 1. The highest BCUT2D eigenvalue weighted by Crippen LogP contribution is 2.18. The van der Waals surface area contributed by atoms with E-state index < -0.39 is 0 Å². The molecule has 1 nitrogen and oxygen atoms in total. The summed E-state index contributed by atoms with van der Waals surface area (Å²) in [7, 11) is 0. The monoisotopic (exact) mass is 208 g/mol. The van der Waals surface area contributed by atoms with Crippen molar-refractivity contribution in [2.75, 3.05) is 0 Å². The lowest BCUT2D eigenvalue weighted by Gasteiger charge is -2.08. The van der Waals surface area contributed by atoms with E-state index in [9.17, 15) is 9.18 Å². The molecule has 1 rings (SSSR count). The second-order valence-corrected chi connectivity index (χ2v) is 4.44. The summed E-state index contributed by atoms with van der Waals surface area (Å²) in [4.78, 5) is 11.8. The fourth-order valence-corrected chi connectivity index (χ4v) is 1.56. The normalized spacial score (nSPS) is 10.8. The Hall–Kier alpha value is -1.18. The van der Waals surface area contributed by atoms with Gasteiger partial charge in [-0.15, -0.1) is 0 Å². The highest BCUT2D eigenvalue weighted by Gasteiger charge is 2.12. The predicted octanol–water partition coefficient (Wildman–Crippen LogP) is 3.67. The molecular formula is C13H17FO. The van der Waals surface area contributed by atoms with Gasteiger partial charge in [0.15, 0.2) is 5.78 Å². The van der Waals surface area contributed by atoms with E-state index in [-0.39, 0.29) is 11.6 Å².